The number of carbonyl (C=O) groups excluding carboxylic acids is 1. The first-order valence-electron chi connectivity index (χ1n) is 9.42. The highest BCUT2D eigenvalue weighted by molar-refractivity contribution is 5.98. The molecule has 0 saturated carbocycles. The quantitative estimate of drug-likeness (QED) is 0.847. The van der Waals surface area contributed by atoms with Gasteiger partial charge in [0, 0.05) is 32.5 Å². The van der Waals surface area contributed by atoms with E-state index in [9.17, 15) is 4.79 Å². The molecule has 2 aliphatic heterocycles. The van der Waals surface area contributed by atoms with Gasteiger partial charge in [0.2, 0.25) is 0 Å². The van der Waals surface area contributed by atoms with Gasteiger partial charge >= 0.3 is 0 Å². The summed E-state index contributed by atoms with van der Waals surface area (Å²) < 4.78 is 6.09. The Kier molecular flexibility index (Phi) is 4.53. The molecule has 2 aromatic rings. The summed E-state index contributed by atoms with van der Waals surface area (Å²) >= 11 is 0. The molecule has 0 atom stereocenters. The third kappa shape index (κ3) is 3.14. The normalized spacial score (nSPS) is 17.5. The van der Waals surface area contributed by atoms with Crippen molar-refractivity contribution in [1.29, 1.82) is 0 Å². The maximum absolute atomic E-state index is 12.3. The average Bonchev–Trinajstić information content (AvgIpc) is 2.98. The van der Waals surface area contributed by atoms with Gasteiger partial charge < -0.3 is 14.5 Å². The summed E-state index contributed by atoms with van der Waals surface area (Å²) in [6.07, 6.45) is 2.21. The van der Waals surface area contributed by atoms with Crippen LogP contribution in [0.15, 0.2) is 36.4 Å². The molecule has 0 bridgehead atoms. The first-order chi connectivity index (χ1) is 12.7. The molecule has 2 aliphatic rings. The highest BCUT2D eigenvalue weighted by Gasteiger charge is 2.30. The molecule has 1 aromatic heterocycles. The number of carbonyl (C=O) groups is 1. The third-order valence-electron chi connectivity index (χ3n) is 5.29. The molecule has 0 radical (unpaired) electrons. The van der Waals surface area contributed by atoms with Crippen molar-refractivity contribution in [2.45, 2.75) is 39.3 Å². The number of fused-ring (bicyclic) bond motifs is 1. The SMILES string of the molecule is CCN1Cc2nc(N3CCC(Oc4ccccc4)CC3)c(C)cc2C1=O. The van der Waals surface area contributed by atoms with Gasteiger partial charge in [-0.1, -0.05) is 18.2 Å². The second kappa shape index (κ2) is 6.98. The number of ether oxygens (including phenoxy) is 1. The number of hydrogen-bond acceptors (Lipinski definition) is 4. The number of anilines is 1. The molecule has 0 aliphatic carbocycles. The topological polar surface area (TPSA) is 45.7 Å². The monoisotopic (exact) mass is 351 g/mol. The number of pyridine rings is 1. The van der Waals surface area contributed by atoms with Crippen LogP contribution in [0.2, 0.25) is 0 Å². The van der Waals surface area contributed by atoms with Crippen LogP contribution in [0.4, 0.5) is 5.82 Å². The summed E-state index contributed by atoms with van der Waals surface area (Å²) in [6, 6.07) is 12.0. The minimum atomic E-state index is 0.111. The van der Waals surface area contributed by atoms with E-state index in [0.717, 1.165) is 60.9 Å². The molecule has 26 heavy (non-hydrogen) atoms. The standard InChI is InChI=1S/C21H25N3O2/c1-3-23-14-19-18(21(23)25)13-15(2)20(22-19)24-11-9-17(10-12-24)26-16-7-5-4-6-8-16/h4-8,13,17H,3,9-12,14H2,1-2H3. The summed E-state index contributed by atoms with van der Waals surface area (Å²) in [5.74, 6) is 2.07. The molecule has 1 saturated heterocycles. The maximum Gasteiger partial charge on any atom is 0.256 e. The Bertz CT molecular complexity index is 798. The van der Waals surface area contributed by atoms with Crippen LogP contribution in [-0.2, 0) is 6.54 Å². The molecule has 0 unspecified atom stereocenters. The molecule has 1 aromatic carbocycles. The van der Waals surface area contributed by atoms with Crippen molar-refractivity contribution < 1.29 is 9.53 Å². The van der Waals surface area contributed by atoms with Crippen LogP contribution in [-0.4, -0.2) is 41.5 Å². The Morgan fingerprint density at radius 1 is 1.19 bits per heavy atom. The van der Waals surface area contributed by atoms with E-state index in [1.165, 1.54) is 0 Å². The molecular weight excluding hydrogens is 326 g/mol. The Hall–Kier alpha value is -2.56. The van der Waals surface area contributed by atoms with Crippen molar-refractivity contribution in [2.75, 3.05) is 24.5 Å². The van der Waals surface area contributed by atoms with E-state index >= 15 is 0 Å². The number of rotatable bonds is 4. The van der Waals surface area contributed by atoms with E-state index in [-0.39, 0.29) is 12.0 Å². The summed E-state index contributed by atoms with van der Waals surface area (Å²) in [6.45, 7) is 7.27. The molecule has 1 amide bonds. The molecule has 5 nitrogen and oxygen atoms in total. The number of piperidine rings is 1. The second-order valence-corrected chi connectivity index (χ2v) is 7.06. The van der Waals surface area contributed by atoms with Gasteiger partial charge in [-0.2, -0.15) is 0 Å². The molecule has 0 spiro atoms. The van der Waals surface area contributed by atoms with E-state index in [1.54, 1.807) is 0 Å². The van der Waals surface area contributed by atoms with Gasteiger partial charge in [-0.05, 0) is 37.6 Å². The van der Waals surface area contributed by atoms with Gasteiger partial charge in [-0.25, -0.2) is 4.98 Å². The van der Waals surface area contributed by atoms with Crippen molar-refractivity contribution in [2.24, 2.45) is 0 Å². The largest absolute Gasteiger partial charge is 0.490 e. The number of aryl methyl sites for hydroxylation is 1. The highest BCUT2D eigenvalue weighted by atomic mass is 16.5. The number of para-hydroxylation sites is 1. The molecule has 1 fully saturated rings. The minimum Gasteiger partial charge on any atom is -0.490 e. The predicted octanol–water partition coefficient (Wildman–Crippen LogP) is 3.41. The second-order valence-electron chi connectivity index (χ2n) is 7.06. The van der Waals surface area contributed by atoms with Crippen LogP contribution in [0, 0.1) is 6.92 Å². The summed E-state index contributed by atoms with van der Waals surface area (Å²) in [7, 11) is 0. The van der Waals surface area contributed by atoms with E-state index in [1.807, 2.05) is 48.2 Å². The van der Waals surface area contributed by atoms with E-state index in [4.69, 9.17) is 9.72 Å². The first-order valence-corrected chi connectivity index (χ1v) is 9.42. The Balaban J connectivity index is 1.44. The molecule has 136 valence electrons. The Morgan fingerprint density at radius 2 is 1.92 bits per heavy atom. The average molecular weight is 351 g/mol. The van der Waals surface area contributed by atoms with E-state index < -0.39 is 0 Å². The zero-order valence-corrected chi connectivity index (χ0v) is 15.4. The van der Waals surface area contributed by atoms with Crippen molar-refractivity contribution in [1.82, 2.24) is 9.88 Å². The summed E-state index contributed by atoms with van der Waals surface area (Å²) in [5.41, 5.74) is 2.77. The van der Waals surface area contributed by atoms with Crippen LogP contribution in [0.3, 0.4) is 0 Å². The lowest BCUT2D eigenvalue weighted by molar-refractivity contribution is 0.0786. The van der Waals surface area contributed by atoms with Crippen molar-refractivity contribution >= 4 is 11.7 Å². The zero-order chi connectivity index (χ0) is 18.1. The number of nitrogens with zero attached hydrogens (tertiary/aromatic N) is 3. The van der Waals surface area contributed by atoms with Gasteiger partial charge in [-0.3, -0.25) is 4.79 Å². The first kappa shape index (κ1) is 16.9. The molecule has 5 heteroatoms. The minimum absolute atomic E-state index is 0.111. The van der Waals surface area contributed by atoms with Crippen molar-refractivity contribution in [3.05, 3.63) is 53.2 Å². The van der Waals surface area contributed by atoms with Gasteiger partial charge in [0.15, 0.2) is 0 Å². The van der Waals surface area contributed by atoms with Crippen LogP contribution < -0.4 is 9.64 Å². The maximum atomic E-state index is 12.3. The molecule has 3 heterocycles. The van der Waals surface area contributed by atoms with Crippen molar-refractivity contribution in [3.8, 4) is 5.75 Å². The molecule has 0 N–H and O–H groups in total. The molecule has 4 rings (SSSR count). The zero-order valence-electron chi connectivity index (χ0n) is 15.4. The fourth-order valence-corrected chi connectivity index (χ4v) is 3.82. The fourth-order valence-electron chi connectivity index (χ4n) is 3.82. The van der Waals surface area contributed by atoms with Gasteiger partial charge in [0.1, 0.15) is 17.7 Å². The number of aromatic nitrogens is 1. The van der Waals surface area contributed by atoms with Crippen LogP contribution >= 0.6 is 0 Å². The third-order valence-corrected chi connectivity index (χ3v) is 5.29. The lowest BCUT2D eigenvalue weighted by Gasteiger charge is -2.34. The van der Waals surface area contributed by atoms with Gasteiger partial charge in [0.25, 0.3) is 5.91 Å². The summed E-state index contributed by atoms with van der Waals surface area (Å²) in [5, 5.41) is 0. The van der Waals surface area contributed by atoms with Crippen LogP contribution in [0.1, 0.15) is 41.4 Å². The Labute approximate surface area is 154 Å². The summed E-state index contributed by atoms with van der Waals surface area (Å²) in [4.78, 5) is 21.4. The number of hydrogen-bond donors (Lipinski definition) is 0. The smallest absolute Gasteiger partial charge is 0.256 e. The van der Waals surface area contributed by atoms with Crippen LogP contribution in [0.5, 0.6) is 5.75 Å². The van der Waals surface area contributed by atoms with E-state index in [2.05, 4.69) is 11.8 Å². The lowest BCUT2D eigenvalue weighted by Crippen LogP contribution is -2.39. The number of amides is 1. The number of benzene rings is 1. The van der Waals surface area contributed by atoms with E-state index in [0.29, 0.717) is 6.54 Å². The Morgan fingerprint density at radius 3 is 2.62 bits per heavy atom. The highest BCUT2D eigenvalue weighted by Crippen LogP contribution is 2.29. The lowest BCUT2D eigenvalue weighted by atomic mass is 10.1. The predicted molar refractivity (Wildman–Crippen MR) is 102 cm³/mol. The van der Waals surface area contributed by atoms with Gasteiger partial charge in [0.05, 0.1) is 17.8 Å². The van der Waals surface area contributed by atoms with Crippen molar-refractivity contribution in [3.63, 3.8) is 0 Å². The molecular formula is C21H25N3O2. The van der Waals surface area contributed by atoms with Crippen LogP contribution in [0.25, 0.3) is 0 Å². The fraction of sp³-hybridized carbons (Fsp3) is 0.429. The van der Waals surface area contributed by atoms with Gasteiger partial charge in [-0.15, -0.1) is 0 Å².